The van der Waals surface area contributed by atoms with Crippen LogP contribution in [-0.2, 0) is 19.1 Å². The van der Waals surface area contributed by atoms with E-state index in [1.165, 1.54) is 19.3 Å². The number of esters is 1. The van der Waals surface area contributed by atoms with E-state index in [1.54, 1.807) is 19.1 Å². The maximum Gasteiger partial charge on any atom is 0.326 e. The van der Waals surface area contributed by atoms with Crippen molar-refractivity contribution >= 4 is 40.9 Å². The first-order chi connectivity index (χ1) is 12.8. The molecule has 144 valence electrons. The van der Waals surface area contributed by atoms with Gasteiger partial charge in [-0.3, -0.25) is 24.1 Å². The maximum absolute atomic E-state index is 12.4. The van der Waals surface area contributed by atoms with E-state index in [4.69, 9.17) is 19.9 Å². The van der Waals surface area contributed by atoms with Crippen LogP contribution in [-0.4, -0.2) is 54.8 Å². The minimum absolute atomic E-state index is 0.147. The number of carbonyl (C=O) groups excluding carboxylic acids is 4. The average Bonchev–Trinajstić information content (AvgIpc) is 2.88. The van der Waals surface area contributed by atoms with E-state index >= 15 is 0 Å². The zero-order valence-corrected chi connectivity index (χ0v) is 15.5. The van der Waals surface area contributed by atoms with Crippen LogP contribution < -0.4 is 15.2 Å². The van der Waals surface area contributed by atoms with Gasteiger partial charge in [0, 0.05) is 11.6 Å². The summed E-state index contributed by atoms with van der Waals surface area (Å²) in [5.41, 5.74) is 5.55. The molecule has 1 heterocycles. The Balaban J connectivity index is 2.20. The number of benzene rings is 1. The fourth-order valence-electron chi connectivity index (χ4n) is 2.17. The van der Waals surface area contributed by atoms with Crippen LogP contribution in [0.1, 0.15) is 12.5 Å². The summed E-state index contributed by atoms with van der Waals surface area (Å²) in [6, 6.07) is 4.70. The maximum atomic E-state index is 12.4. The van der Waals surface area contributed by atoms with Crippen LogP contribution in [0.3, 0.4) is 0 Å². The number of ether oxygens (including phenoxy) is 3. The third kappa shape index (κ3) is 5.23. The summed E-state index contributed by atoms with van der Waals surface area (Å²) in [6.07, 6.45) is 1.48. The second-order valence-electron chi connectivity index (χ2n) is 5.23. The molecule has 27 heavy (non-hydrogen) atoms. The van der Waals surface area contributed by atoms with Crippen LogP contribution in [0, 0.1) is 0 Å². The Morgan fingerprint density at radius 1 is 1.30 bits per heavy atom. The number of amides is 3. The minimum Gasteiger partial charge on any atom is -0.496 e. The largest absolute Gasteiger partial charge is 0.496 e. The molecule has 1 aliphatic heterocycles. The van der Waals surface area contributed by atoms with Gasteiger partial charge in [0.1, 0.15) is 18.0 Å². The summed E-state index contributed by atoms with van der Waals surface area (Å²) in [5.74, 6) is -1.13. The number of rotatable bonds is 8. The number of thioether (sulfide) groups is 1. The fraction of sp³-hybridized carbons (Fsp3) is 0.294. The molecule has 2 rings (SSSR count). The third-order valence-corrected chi connectivity index (χ3v) is 4.25. The molecule has 1 fully saturated rings. The standard InChI is InChI=1S/C17H18N2O7S/c1-3-25-15(21)8-19-16(22)13(27-17(19)23)6-10-4-5-11(7-12(10)24-2)26-9-14(18)20/h4-7H,3,8-9H2,1-2H3,(H2,18,20)/b13-6+. The van der Waals surface area contributed by atoms with Gasteiger partial charge in [0.25, 0.3) is 17.1 Å². The molecule has 0 spiro atoms. The molecule has 1 aliphatic rings. The molecule has 0 unspecified atom stereocenters. The Bertz CT molecular complexity index is 806. The number of hydrogen-bond donors (Lipinski definition) is 1. The van der Waals surface area contributed by atoms with E-state index in [-0.39, 0.29) is 18.1 Å². The normalized spacial score (nSPS) is 15.2. The lowest BCUT2D eigenvalue weighted by atomic mass is 10.1. The van der Waals surface area contributed by atoms with Gasteiger partial charge in [0.15, 0.2) is 6.61 Å². The van der Waals surface area contributed by atoms with Gasteiger partial charge in [-0.15, -0.1) is 0 Å². The van der Waals surface area contributed by atoms with E-state index in [9.17, 15) is 19.2 Å². The molecule has 1 aromatic rings. The van der Waals surface area contributed by atoms with Crippen LogP contribution in [0.5, 0.6) is 11.5 Å². The quantitative estimate of drug-likeness (QED) is 0.514. The number of primary amides is 1. The highest BCUT2D eigenvalue weighted by molar-refractivity contribution is 8.18. The van der Waals surface area contributed by atoms with Crippen molar-refractivity contribution in [3.05, 3.63) is 28.7 Å². The van der Waals surface area contributed by atoms with Crippen LogP contribution in [0.2, 0.25) is 0 Å². The zero-order valence-electron chi connectivity index (χ0n) is 14.7. The molecule has 0 aliphatic carbocycles. The fourth-order valence-corrected chi connectivity index (χ4v) is 3.00. The summed E-state index contributed by atoms with van der Waals surface area (Å²) in [4.78, 5) is 47.7. The van der Waals surface area contributed by atoms with Gasteiger partial charge >= 0.3 is 5.97 Å². The van der Waals surface area contributed by atoms with Crippen molar-refractivity contribution < 1.29 is 33.4 Å². The Kier molecular flexibility index (Phi) is 6.83. The summed E-state index contributed by atoms with van der Waals surface area (Å²) in [7, 11) is 1.43. The molecule has 0 bridgehead atoms. The topological polar surface area (TPSA) is 125 Å². The molecule has 9 nitrogen and oxygen atoms in total. The molecular formula is C17H18N2O7S. The average molecular weight is 394 g/mol. The molecule has 0 aromatic heterocycles. The lowest BCUT2D eigenvalue weighted by molar-refractivity contribution is -0.146. The van der Waals surface area contributed by atoms with Crippen molar-refractivity contribution in [3.8, 4) is 11.5 Å². The number of carbonyl (C=O) groups is 4. The third-order valence-electron chi connectivity index (χ3n) is 3.34. The number of nitrogens with two attached hydrogens (primary N) is 1. The zero-order chi connectivity index (χ0) is 20.0. The van der Waals surface area contributed by atoms with Crippen LogP contribution in [0.25, 0.3) is 6.08 Å². The molecular weight excluding hydrogens is 376 g/mol. The van der Waals surface area contributed by atoms with Crippen LogP contribution in [0.4, 0.5) is 4.79 Å². The first kappa shape index (κ1) is 20.3. The number of methoxy groups -OCH3 is 1. The number of imide groups is 1. The van der Waals surface area contributed by atoms with E-state index in [1.807, 2.05) is 0 Å². The smallest absolute Gasteiger partial charge is 0.326 e. The number of nitrogens with zero attached hydrogens (tertiary/aromatic N) is 1. The van der Waals surface area contributed by atoms with E-state index < -0.39 is 29.6 Å². The van der Waals surface area contributed by atoms with Crippen LogP contribution >= 0.6 is 11.8 Å². The molecule has 2 N–H and O–H groups in total. The monoisotopic (exact) mass is 394 g/mol. The van der Waals surface area contributed by atoms with Gasteiger partial charge < -0.3 is 19.9 Å². The van der Waals surface area contributed by atoms with Crippen LogP contribution in [0.15, 0.2) is 23.1 Å². The van der Waals surface area contributed by atoms with Gasteiger partial charge in [-0.25, -0.2) is 0 Å². The molecule has 0 atom stereocenters. The molecule has 0 saturated carbocycles. The van der Waals surface area contributed by atoms with Crippen molar-refractivity contribution in [2.75, 3.05) is 26.9 Å². The highest BCUT2D eigenvalue weighted by Gasteiger charge is 2.36. The summed E-state index contributed by atoms with van der Waals surface area (Å²) < 4.78 is 15.2. The first-order valence-corrected chi connectivity index (χ1v) is 8.67. The van der Waals surface area contributed by atoms with E-state index in [0.29, 0.717) is 17.1 Å². The van der Waals surface area contributed by atoms with E-state index in [2.05, 4.69) is 0 Å². The lowest BCUT2D eigenvalue weighted by Gasteiger charge is -2.11. The predicted molar refractivity (Wildman–Crippen MR) is 97.0 cm³/mol. The molecule has 1 saturated heterocycles. The van der Waals surface area contributed by atoms with Crippen molar-refractivity contribution in [1.82, 2.24) is 4.90 Å². The van der Waals surface area contributed by atoms with Gasteiger partial charge in [-0.1, -0.05) is 0 Å². The first-order valence-electron chi connectivity index (χ1n) is 7.85. The molecule has 0 radical (unpaired) electrons. The lowest BCUT2D eigenvalue weighted by Crippen LogP contribution is -2.34. The molecule has 10 heteroatoms. The second-order valence-corrected chi connectivity index (χ2v) is 6.22. The summed E-state index contributed by atoms with van der Waals surface area (Å²) in [5, 5.41) is -0.556. The predicted octanol–water partition coefficient (Wildman–Crippen LogP) is 1.16. The summed E-state index contributed by atoms with van der Waals surface area (Å²) in [6.45, 7) is 1.07. The molecule has 1 aromatic carbocycles. The Hall–Kier alpha value is -3.01. The van der Waals surface area contributed by atoms with Crippen molar-refractivity contribution in [2.24, 2.45) is 5.73 Å². The highest BCUT2D eigenvalue weighted by Crippen LogP contribution is 2.35. The molecule has 3 amide bonds. The van der Waals surface area contributed by atoms with E-state index in [0.717, 1.165) is 16.7 Å². The minimum atomic E-state index is -0.658. The Labute approximate surface area is 159 Å². The van der Waals surface area contributed by atoms with Crippen molar-refractivity contribution in [2.45, 2.75) is 6.92 Å². The highest BCUT2D eigenvalue weighted by atomic mass is 32.2. The van der Waals surface area contributed by atoms with Gasteiger partial charge in [0.05, 0.1) is 18.6 Å². The van der Waals surface area contributed by atoms with Gasteiger partial charge in [-0.05, 0) is 36.9 Å². The Morgan fingerprint density at radius 2 is 2.04 bits per heavy atom. The summed E-state index contributed by atoms with van der Waals surface area (Å²) >= 11 is 0.717. The Morgan fingerprint density at radius 3 is 2.67 bits per heavy atom. The SMILES string of the molecule is CCOC(=O)CN1C(=O)S/C(=C/c2ccc(OCC(N)=O)cc2OC)C1=O. The van der Waals surface area contributed by atoms with Gasteiger partial charge in [0.2, 0.25) is 0 Å². The van der Waals surface area contributed by atoms with Crippen molar-refractivity contribution in [3.63, 3.8) is 0 Å². The second kappa shape index (κ2) is 9.08. The van der Waals surface area contributed by atoms with Crippen molar-refractivity contribution in [1.29, 1.82) is 0 Å². The number of hydrogen-bond acceptors (Lipinski definition) is 8. The van der Waals surface area contributed by atoms with Gasteiger partial charge in [-0.2, -0.15) is 0 Å².